The third kappa shape index (κ3) is 2.64. The smallest absolute Gasteiger partial charge is 0.228 e. The number of ether oxygens (including phenoxy) is 2. The molecular weight excluding hydrogens is 298 g/mol. The highest BCUT2D eigenvalue weighted by Crippen LogP contribution is 2.37. The van der Waals surface area contributed by atoms with Gasteiger partial charge in [-0.05, 0) is 19.4 Å². The fourth-order valence-electron chi connectivity index (χ4n) is 2.27. The average Bonchev–Trinajstić information content (AvgIpc) is 2.52. The van der Waals surface area contributed by atoms with E-state index in [9.17, 15) is 4.79 Å². The first-order chi connectivity index (χ1) is 10.6. The highest BCUT2D eigenvalue weighted by Gasteiger charge is 2.23. The zero-order chi connectivity index (χ0) is 16.3. The van der Waals surface area contributed by atoms with Crippen LogP contribution in [0.4, 0.5) is 0 Å². The van der Waals surface area contributed by atoms with Gasteiger partial charge in [0, 0.05) is 10.1 Å². The Morgan fingerprint density at radius 3 is 2.50 bits per heavy atom. The SMILES string of the molecule is C=C/C=c1/nc2c(OC)c(OC)c(=O)c(C)c-2s/c1=C/CC. The van der Waals surface area contributed by atoms with Crippen molar-refractivity contribution in [3.05, 3.63) is 38.3 Å². The maximum atomic E-state index is 12.4. The fraction of sp³-hybridized carbons (Fsp3) is 0.294. The molecule has 5 heteroatoms. The molecule has 0 aromatic rings. The standard InChI is InChI=1S/C17H19NO3S/c1-6-8-11-12(9-7-2)22-17-10(3)14(19)16(21-5)15(20-4)13(17)18-11/h6,8-9H,1,7H2,2-5H3/b11-8+,12-9+. The summed E-state index contributed by atoms with van der Waals surface area (Å²) in [6.45, 7) is 7.59. The molecule has 0 spiro atoms. The van der Waals surface area contributed by atoms with Crippen molar-refractivity contribution in [3.8, 4) is 22.1 Å². The van der Waals surface area contributed by atoms with Crippen molar-refractivity contribution >= 4 is 23.5 Å². The Bertz CT molecular complexity index is 852. The molecule has 1 aliphatic carbocycles. The number of hydrogen-bond donors (Lipinski definition) is 0. The molecule has 0 aromatic carbocycles. The van der Waals surface area contributed by atoms with Crippen molar-refractivity contribution in [1.29, 1.82) is 0 Å². The molecule has 0 saturated heterocycles. The maximum Gasteiger partial charge on any atom is 0.228 e. The van der Waals surface area contributed by atoms with Gasteiger partial charge in [-0.2, -0.15) is 0 Å². The first-order valence-electron chi connectivity index (χ1n) is 6.97. The second kappa shape index (κ2) is 6.75. The van der Waals surface area contributed by atoms with Gasteiger partial charge < -0.3 is 9.47 Å². The van der Waals surface area contributed by atoms with Crippen LogP contribution in [-0.2, 0) is 0 Å². The van der Waals surface area contributed by atoms with Gasteiger partial charge in [0.25, 0.3) is 0 Å². The number of benzene rings is 1. The van der Waals surface area contributed by atoms with Crippen molar-refractivity contribution in [3.63, 3.8) is 0 Å². The predicted octanol–water partition coefficient (Wildman–Crippen LogP) is 2.09. The van der Waals surface area contributed by atoms with E-state index in [0.717, 1.165) is 21.2 Å². The number of fused-ring (bicyclic) bond motifs is 1. The van der Waals surface area contributed by atoms with Gasteiger partial charge in [-0.25, -0.2) is 4.98 Å². The van der Waals surface area contributed by atoms with Gasteiger partial charge in [-0.15, -0.1) is 11.3 Å². The molecule has 0 fully saturated rings. The molecule has 0 radical (unpaired) electrons. The van der Waals surface area contributed by atoms with Crippen LogP contribution in [0.2, 0.25) is 0 Å². The molecule has 0 atom stereocenters. The summed E-state index contributed by atoms with van der Waals surface area (Å²) in [6.07, 6.45) is 6.53. The van der Waals surface area contributed by atoms with E-state index in [1.807, 2.05) is 6.08 Å². The van der Waals surface area contributed by atoms with Gasteiger partial charge in [0.2, 0.25) is 11.2 Å². The highest BCUT2D eigenvalue weighted by atomic mass is 32.1. The lowest BCUT2D eigenvalue weighted by atomic mass is 10.1. The number of nitrogens with zero attached hydrogens (tertiary/aromatic N) is 1. The quantitative estimate of drug-likeness (QED) is 0.866. The van der Waals surface area contributed by atoms with Crippen LogP contribution in [0.5, 0.6) is 11.5 Å². The van der Waals surface area contributed by atoms with E-state index in [4.69, 9.17) is 9.47 Å². The normalized spacial score (nSPS) is 12.7. The minimum Gasteiger partial charge on any atom is -0.491 e. The second-order valence-electron chi connectivity index (χ2n) is 4.68. The molecule has 1 aliphatic heterocycles. The minimum atomic E-state index is -0.159. The van der Waals surface area contributed by atoms with Gasteiger partial charge in [0.05, 0.1) is 24.4 Å². The molecule has 0 aromatic heterocycles. The molecule has 0 N–H and O–H groups in total. The number of hydrogen-bond acceptors (Lipinski definition) is 5. The van der Waals surface area contributed by atoms with Crippen LogP contribution in [-0.4, -0.2) is 19.2 Å². The number of methoxy groups -OCH3 is 2. The zero-order valence-electron chi connectivity index (χ0n) is 13.2. The van der Waals surface area contributed by atoms with Crippen LogP contribution in [0.15, 0.2) is 17.4 Å². The zero-order valence-corrected chi connectivity index (χ0v) is 14.0. The van der Waals surface area contributed by atoms with E-state index >= 15 is 0 Å². The molecule has 1 heterocycles. The van der Waals surface area contributed by atoms with E-state index in [0.29, 0.717) is 17.0 Å². The summed E-state index contributed by atoms with van der Waals surface area (Å²) in [6, 6.07) is 0. The van der Waals surface area contributed by atoms with E-state index in [2.05, 4.69) is 24.6 Å². The van der Waals surface area contributed by atoms with Crippen LogP contribution in [0, 0.1) is 6.92 Å². The lowest BCUT2D eigenvalue weighted by molar-refractivity contribution is 0.352. The molecule has 2 aliphatic rings. The van der Waals surface area contributed by atoms with Crippen LogP contribution >= 0.6 is 11.3 Å². The van der Waals surface area contributed by atoms with E-state index in [1.54, 1.807) is 13.0 Å². The first kappa shape index (κ1) is 16.2. The Morgan fingerprint density at radius 1 is 1.27 bits per heavy atom. The monoisotopic (exact) mass is 317 g/mol. The molecule has 2 rings (SSSR count). The van der Waals surface area contributed by atoms with E-state index in [-0.39, 0.29) is 11.2 Å². The van der Waals surface area contributed by atoms with Crippen LogP contribution in [0.25, 0.3) is 22.7 Å². The lowest BCUT2D eigenvalue weighted by Crippen LogP contribution is -2.28. The molecule has 0 amide bonds. The second-order valence-corrected chi connectivity index (χ2v) is 5.73. The van der Waals surface area contributed by atoms with Crippen molar-refractivity contribution in [2.45, 2.75) is 20.3 Å². The first-order valence-corrected chi connectivity index (χ1v) is 7.79. The molecule has 116 valence electrons. The van der Waals surface area contributed by atoms with Crippen molar-refractivity contribution in [1.82, 2.24) is 4.98 Å². The van der Waals surface area contributed by atoms with Crippen molar-refractivity contribution in [2.75, 3.05) is 14.2 Å². The van der Waals surface area contributed by atoms with Gasteiger partial charge in [0.15, 0.2) is 5.75 Å². The van der Waals surface area contributed by atoms with Crippen LogP contribution in [0.3, 0.4) is 0 Å². The van der Waals surface area contributed by atoms with Gasteiger partial charge >= 0.3 is 0 Å². The maximum absolute atomic E-state index is 12.4. The van der Waals surface area contributed by atoms with E-state index < -0.39 is 0 Å². The van der Waals surface area contributed by atoms with Gasteiger partial charge in [-0.3, -0.25) is 4.79 Å². The predicted molar refractivity (Wildman–Crippen MR) is 91.5 cm³/mol. The Balaban J connectivity index is 3.08. The van der Waals surface area contributed by atoms with Crippen LogP contribution < -0.4 is 24.8 Å². The third-order valence-electron chi connectivity index (χ3n) is 3.29. The van der Waals surface area contributed by atoms with Crippen molar-refractivity contribution < 1.29 is 9.47 Å². The summed E-state index contributed by atoms with van der Waals surface area (Å²) in [7, 11) is 2.98. The summed E-state index contributed by atoms with van der Waals surface area (Å²) in [5.74, 6) is 0.579. The Kier molecular flexibility index (Phi) is 4.98. The Morgan fingerprint density at radius 2 is 1.95 bits per heavy atom. The third-order valence-corrected chi connectivity index (χ3v) is 4.59. The average molecular weight is 317 g/mol. The largest absolute Gasteiger partial charge is 0.491 e. The molecule has 4 nitrogen and oxygen atoms in total. The summed E-state index contributed by atoms with van der Waals surface area (Å²) >= 11 is 1.53. The topological polar surface area (TPSA) is 48.4 Å². The van der Waals surface area contributed by atoms with E-state index in [1.165, 1.54) is 25.6 Å². The van der Waals surface area contributed by atoms with Gasteiger partial charge in [-0.1, -0.05) is 25.7 Å². The van der Waals surface area contributed by atoms with Crippen LogP contribution in [0.1, 0.15) is 18.9 Å². The summed E-state index contributed by atoms with van der Waals surface area (Å²) in [4.78, 5) is 17.9. The lowest BCUT2D eigenvalue weighted by Gasteiger charge is -2.15. The fourth-order valence-corrected chi connectivity index (χ4v) is 3.44. The Labute approximate surface area is 133 Å². The molecule has 0 unspecified atom stereocenters. The molecule has 0 bridgehead atoms. The number of aromatic nitrogens is 1. The molecule has 0 saturated carbocycles. The summed E-state index contributed by atoms with van der Waals surface area (Å²) in [5.41, 5.74) is 1.11. The number of allylic oxidation sites excluding steroid dienone is 1. The summed E-state index contributed by atoms with van der Waals surface area (Å²) in [5, 5.41) is 0.813. The molecule has 22 heavy (non-hydrogen) atoms. The summed E-state index contributed by atoms with van der Waals surface area (Å²) < 4.78 is 11.6. The van der Waals surface area contributed by atoms with Gasteiger partial charge in [0.1, 0.15) is 5.69 Å². The number of rotatable bonds is 4. The Hall–Kier alpha value is -2.14. The minimum absolute atomic E-state index is 0.159. The van der Waals surface area contributed by atoms with Crippen molar-refractivity contribution in [2.24, 2.45) is 0 Å². The highest BCUT2D eigenvalue weighted by molar-refractivity contribution is 7.13. The molecular formula is C17H19NO3S.